The number of carbonyl (C=O) groups is 2. The molecule has 1 aromatic rings. The van der Waals surface area contributed by atoms with E-state index in [1.54, 1.807) is 6.92 Å². The van der Waals surface area contributed by atoms with Gasteiger partial charge in [0.1, 0.15) is 0 Å². The largest absolute Gasteiger partial charge is 0.378 e. The van der Waals surface area contributed by atoms with Crippen molar-refractivity contribution in [1.29, 1.82) is 0 Å². The molecule has 2 aliphatic rings. The van der Waals surface area contributed by atoms with E-state index in [4.69, 9.17) is 0 Å². The van der Waals surface area contributed by atoms with Gasteiger partial charge < -0.3 is 14.7 Å². The minimum absolute atomic E-state index is 0.120. The molecular weight excluding hydrogens is 302 g/mol. The molecule has 0 aliphatic carbocycles. The number of hydrogen-bond acceptors (Lipinski definition) is 3. The van der Waals surface area contributed by atoms with Crippen molar-refractivity contribution in [2.45, 2.75) is 26.2 Å². The summed E-state index contributed by atoms with van der Waals surface area (Å²) in [5, 5.41) is 0. The van der Waals surface area contributed by atoms with Crippen LogP contribution in [0.3, 0.4) is 0 Å². The minimum atomic E-state index is 0.120. The van der Waals surface area contributed by atoms with Gasteiger partial charge in [0, 0.05) is 58.4 Å². The molecule has 5 heteroatoms. The zero-order valence-corrected chi connectivity index (χ0v) is 14.9. The first kappa shape index (κ1) is 16.8. The predicted octanol–water partition coefficient (Wildman–Crippen LogP) is 2.23. The fourth-order valence-electron chi connectivity index (χ4n) is 3.90. The Morgan fingerprint density at radius 2 is 1.67 bits per heavy atom. The van der Waals surface area contributed by atoms with Gasteiger partial charge in [-0.15, -0.1) is 0 Å². The fraction of sp³-hybridized carbons (Fsp3) is 0.579. The summed E-state index contributed by atoms with van der Waals surface area (Å²) in [7, 11) is 3.96. The summed E-state index contributed by atoms with van der Waals surface area (Å²) in [6, 6.07) is 7.80. The topological polar surface area (TPSA) is 43.9 Å². The highest BCUT2D eigenvalue weighted by atomic mass is 16.2. The molecule has 0 N–H and O–H groups in total. The number of carbonyl (C=O) groups excluding carboxylic acids is 2. The van der Waals surface area contributed by atoms with Crippen molar-refractivity contribution in [1.82, 2.24) is 9.80 Å². The Morgan fingerprint density at radius 1 is 1.04 bits per heavy atom. The average Bonchev–Trinajstić information content (AvgIpc) is 2.99. The smallest absolute Gasteiger partial charge is 0.253 e. The van der Waals surface area contributed by atoms with Crippen LogP contribution in [-0.2, 0) is 4.79 Å². The Kier molecular flexibility index (Phi) is 4.52. The van der Waals surface area contributed by atoms with Crippen LogP contribution in [0.4, 0.5) is 5.69 Å². The van der Waals surface area contributed by atoms with Crippen LogP contribution in [0, 0.1) is 5.41 Å². The second kappa shape index (κ2) is 6.46. The third-order valence-electron chi connectivity index (χ3n) is 5.60. The van der Waals surface area contributed by atoms with Crippen LogP contribution in [0.15, 0.2) is 24.3 Å². The molecule has 5 nitrogen and oxygen atoms in total. The molecule has 2 fully saturated rings. The van der Waals surface area contributed by atoms with Crippen molar-refractivity contribution in [2.75, 3.05) is 45.2 Å². The van der Waals surface area contributed by atoms with Crippen molar-refractivity contribution in [3.8, 4) is 0 Å². The third kappa shape index (κ3) is 3.25. The fourth-order valence-corrected chi connectivity index (χ4v) is 3.90. The quantitative estimate of drug-likeness (QED) is 0.836. The van der Waals surface area contributed by atoms with E-state index in [0.29, 0.717) is 0 Å². The van der Waals surface area contributed by atoms with Gasteiger partial charge in [0.05, 0.1) is 0 Å². The molecule has 130 valence electrons. The maximum atomic E-state index is 12.8. The van der Waals surface area contributed by atoms with Crippen molar-refractivity contribution in [2.24, 2.45) is 5.41 Å². The van der Waals surface area contributed by atoms with Crippen molar-refractivity contribution in [3.05, 3.63) is 29.8 Å². The molecule has 0 atom stereocenters. The number of benzene rings is 1. The molecule has 1 spiro atoms. The van der Waals surface area contributed by atoms with E-state index in [0.717, 1.165) is 56.7 Å². The summed E-state index contributed by atoms with van der Waals surface area (Å²) in [6.45, 7) is 4.96. The maximum absolute atomic E-state index is 12.8. The van der Waals surface area contributed by atoms with Gasteiger partial charge >= 0.3 is 0 Å². The first-order valence-electron chi connectivity index (χ1n) is 8.72. The first-order chi connectivity index (χ1) is 11.4. The van der Waals surface area contributed by atoms with Crippen molar-refractivity contribution >= 4 is 17.5 Å². The molecule has 2 saturated heterocycles. The second-order valence-corrected chi connectivity index (χ2v) is 7.43. The van der Waals surface area contributed by atoms with Gasteiger partial charge in [-0.05, 0) is 42.9 Å². The Labute approximate surface area is 144 Å². The van der Waals surface area contributed by atoms with Gasteiger partial charge in [0.2, 0.25) is 5.91 Å². The Hall–Kier alpha value is -2.04. The Bertz CT molecular complexity index is 633. The lowest BCUT2D eigenvalue weighted by molar-refractivity contribution is -0.128. The van der Waals surface area contributed by atoms with Crippen LogP contribution in [-0.4, -0.2) is 61.9 Å². The van der Waals surface area contributed by atoms with Crippen LogP contribution in [0.25, 0.3) is 0 Å². The van der Waals surface area contributed by atoms with E-state index < -0.39 is 0 Å². The normalized spacial score (nSPS) is 19.6. The number of nitrogens with zero attached hydrogens (tertiary/aromatic N) is 3. The molecule has 2 aliphatic heterocycles. The lowest BCUT2D eigenvalue weighted by Crippen LogP contribution is -2.44. The van der Waals surface area contributed by atoms with Crippen molar-refractivity contribution in [3.63, 3.8) is 0 Å². The summed E-state index contributed by atoms with van der Waals surface area (Å²) in [5.74, 6) is 0.292. The number of rotatable bonds is 2. The molecule has 0 unspecified atom stereocenters. The molecule has 2 amide bonds. The Balaban J connectivity index is 1.64. The zero-order valence-electron chi connectivity index (χ0n) is 14.9. The summed E-state index contributed by atoms with van der Waals surface area (Å²) >= 11 is 0. The molecule has 0 radical (unpaired) electrons. The average molecular weight is 329 g/mol. The minimum Gasteiger partial charge on any atom is -0.378 e. The van der Waals surface area contributed by atoms with Crippen LogP contribution in [0.5, 0.6) is 0 Å². The van der Waals surface area contributed by atoms with Gasteiger partial charge in [0.25, 0.3) is 5.91 Å². The summed E-state index contributed by atoms with van der Waals surface area (Å²) in [4.78, 5) is 30.3. The second-order valence-electron chi connectivity index (χ2n) is 7.43. The van der Waals surface area contributed by atoms with Crippen LogP contribution < -0.4 is 4.90 Å². The molecule has 1 aromatic carbocycles. The third-order valence-corrected chi connectivity index (χ3v) is 5.60. The molecule has 3 rings (SSSR count). The van der Waals surface area contributed by atoms with Crippen LogP contribution >= 0.6 is 0 Å². The summed E-state index contributed by atoms with van der Waals surface area (Å²) in [5.41, 5.74) is 2.03. The lowest BCUT2D eigenvalue weighted by atomic mass is 9.77. The van der Waals surface area contributed by atoms with Gasteiger partial charge in [-0.2, -0.15) is 0 Å². The number of piperidine rings is 1. The molecular formula is C19H27N3O2. The van der Waals surface area contributed by atoms with Gasteiger partial charge in [0.15, 0.2) is 0 Å². The molecule has 24 heavy (non-hydrogen) atoms. The van der Waals surface area contributed by atoms with Gasteiger partial charge in [-0.1, -0.05) is 6.07 Å². The maximum Gasteiger partial charge on any atom is 0.253 e. The predicted molar refractivity (Wildman–Crippen MR) is 95.2 cm³/mol. The Morgan fingerprint density at radius 3 is 2.21 bits per heavy atom. The van der Waals surface area contributed by atoms with E-state index in [1.807, 2.05) is 53.1 Å². The van der Waals surface area contributed by atoms with Crippen molar-refractivity contribution < 1.29 is 9.59 Å². The van der Waals surface area contributed by atoms with E-state index in [9.17, 15) is 9.59 Å². The van der Waals surface area contributed by atoms with E-state index in [1.165, 1.54) is 0 Å². The SMILES string of the molecule is CC(=O)N1CCC2(CCN(C(=O)c3cccc(N(C)C)c3)CC2)C1. The number of amides is 2. The molecule has 0 bridgehead atoms. The summed E-state index contributed by atoms with van der Waals surface area (Å²) < 4.78 is 0. The highest BCUT2D eigenvalue weighted by molar-refractivity contribution is 5.95. The first-order valence-corrected chi connectivity index (χ1v) is 8.72. The van der Waals surface area contributed by atoms with Crippen LogP contribution in [0.1, 0.15) is 36.5 Å². The van der Waals surface area contributed by atoms with Crippen LogP contribution in [0.2, 0.25) is 0 Å². The van der Waals surface area contributed by atoms with E-state index in [2.05, 4.69) is 0 Å². The monoisotopic (exact) mass is 329 g/mol. The number of likely N-dealkylation sites (tertiary alicyclic amines) is 2. The van der Waals surface area contributed by atoms with Gasteiger partial charge in [-0.3, -0.25) is 9.59 Å². The molecule has 0 aromatic heterocycles. The van der Waals surface area contributed by atoms with Gasteiger partial charge in [-0.25, -0.2) is 0 Å². The molecule has 2 heterocycles. The van der Waals surface area contributed by atoms with E-state index >= 15 is 0 Å². The van der Waals surface area contributed by atoms with E-state index in [-0.39, 0.29) is 17.2 Å². The summed E-state index contributed by atoms with van der Waals surface area (Å²) in [6.07, 6.45) is 3.07. The zero-order chi connectivity index (χ0) is 17.3. The number of anilines is 1. The highest BCUT2D eigenvalue weighted by Gasteiger charge is 2.42. The highest BCUT2D eigenvalue weighted by Crippen LogP contribution is 2.40. The molecule has 0 saturated carbocycles. The lowest BCUT2D eigenvalue weighted by Gasteiger charge is -2.39. The standard InChI is InChI=1S/C19H27N3O2/c1-15(23)22-12-9-19(14-22)7-10-21(11-8-19)18(24)16-5-4-6-17(13-16)20(2)3/h4-6,13H,7-12,14H2,1-3H3. The number of hydrogen-bond donors (Lipinski definition) is 0.